The maximum Gasteiger partial charge on any atom is 0.323 e. The Labute approximate surface area is 96.4 Å². The number of rotatable bonds is 5. The van der Waals surface area contributed by atoms with Gasteiger partial charge in [-0.3, -0.25) is 4.79 Å². The van der Waals surface area contributed by atoms with E-state index in [4.69, 9.17) is 4.74 Å². The molecule has 0 aromatic rings. The first kappa shape index (κ1) is 11.9. The number of methoxy groups -OCH3 is 1. The van der Waals surface area contributed by atoms with Crippen molar-refractivity contribution in [2.45, 2.75) is 44.2 Å². The minimum Gasteiger partial charge on any atom is -0.468 e. The second-order valence-electron chi connectivity index (χ2n) is 5.08. The van der Waals surface area contributed by atoms with Gasteiger partial charge in [-0.1, -0.05) is 0 Å². The molecule has 0 amide bonds. The lowest BCUT2D eigenvalue weighted by atomic mass is 10.1. The number of hydrogen-bond donors (Lipinski definition) is 2. The Morgan fingerprint density at radius 3 is 2.69 bits per heavy atom. The molecule has 16 heavy (non-hydrogen) atoms. The number of esters is 1. The molecule has 2 aliphatic rings. The summed E-state index contributed by atoms with van der Waals surface area (Å²) in [6.45, 7) is 0.827. The molecule has 92 valence electrons. The van der Waals surface area contributed by atoms with E-state index in [9.17, 15) is 9.90 Å². The molecule has 0 heterocycles. The summed E-state index contributed by atoms with van der Waals surface area (Å²) in [4.78, 5) is 11.5. The van der Waals surface area contributed by atoms with Crippen LogP contribution in [-0.2, 0) is 9.53 Å². The largest absolute Gasteiger partial charge is 0.468 e. The highest BCUT2D eigenvalue weighted by Crippen LogP contribution is 2.33. The van der Waals surface area contributed by atoms with Crippen LogP contribution in [0.15, 0.2) is 0 Å². The van der Waals surface area contributed by atoms with Crippen molar-refractivity contribution in [3.63, 3.8) is 0 Å². The Morgan fingerprint density at radius 2 is 2.19 bits per heavy atom. The van der Waals surface area contributed by atoms with E-state index in [0.29, 0.717) is 11.8 Å². The van der Waals surface area contributed by atoms with Gasteiger partial charge in [0, 0.05) is 0 Å². The zero-order valence-electron chi connectivity index (χ0n) is 9.82. The van der Waals surface area contributed by atoms with Gasteiger partial charge in [-0.25, -0.2) is 0 Å². The highest BCUT2D eigenvalue weighted by Gasteiger charge is 2.37. The van der Waals surface area contributed by atoms with Crippen molar-refractivity contribution >= 4 is 5.97 Å². The summed E-state index contributed by atoms with van der Waals surface area (Å²) in [5.74, 6) is 0.848. The molecule has 0 bridgehead atoms. The normalized spacial score (nSPS) is 31.4. The summed E-state index contributed by atoms with van der Waals surface area (Å²) in [6, 6.07) is -0.122. The van der Waals surface area contributed by atoms with Crippen LogP contribution < -0.4 is 5.32 Å². The van der Waals surface area contributed by atoms with Crippen molar-refractivity contribution in [3.05, 3.63) is 0 Å². The van der Waals surface area contributed by atoms with E-state index < -0.39 is 0 Å². The summed E-state index contributed by atoms with van der Waals surface area (Å²) >= 11 is 0. The van der Waals surface area contributed by atoms with Crippen molar-refractivity contribution in [1.82, 2.24) is 5.32 Å². The fourth-order valence-electron chi connectivity index (χ4n) is 2.53. The van der Waals surface area contributed by atoms with E-state index >= 15 is 0 Å². The summed E-state index contributed by atoms with van der Waals surface area (Å²) in [5, 5.41) is 12.7. The number of carbonyl (C=O) groups is 1. The fraction of sp³-hybridized carbons (Fsp3) is 0.917. The maximum absolute atomic E-state index is 11.5. The quantitative estimate of drug-likeness (QED) is 0.678. The van der Waals surface area contributed by atoms with Crippen LogP contribution in [0.25, 0.3) is 0 Å². The molecule has 4 heteroatoms. The molecule has 0 aromatic carbocycles. The highest BCUT2D eigenvalue weighted by molar-refractivity contribution is 5.76. The van der Waals surface area contributed by atoms with Crippen molar-refractivity contribution in [3.8, 4) is 0 Å². The molecule has 0 aromatic heterocycles. The summed E-state index contributed by atoms with van der Waals surface area (Å²) in [7, 11) is 1.44. The smallest absolute Gasteiger partial charge is 0.323 e. The van der Waals surface area contributed by atoms with E-state index in [1.165, 1.54) is 7.11 Å². The predicted octanol–water partition coefficient (Wildman–Crippen LogP) is 0.689. The highest BCUT2D eigenvalue weighted by atomic mass is 16.5. The number of aliphatic hydroxyl groups is 1. The minimum absolute atomic E-state index is 0.122. The Kier molecular flexibility index (Phi) is 3.82. The van der Waals surface area contributed by atoms with Gasteiger partial charge in [0.2, 0.25) is 0 Å². The molecular formula is C12H21NO3. The van der Waals surface area contributed by atoms with E-state index in [1.54, 1.807) is 0 Å². The number of nitrogens with one attached hydrogen (secondary N) is 1. The van der Waals surface area contributed by atoms with Gasteiger partial charge >= 0.3 is 5.97 Å². The van der Waals surface area contributed by atoms with Crippen LogP contribution in [0.1, 0.15) is 32.1 Å². The third-order valence-electron chi connectivity index (χ3n) is 3.69. The Morgan fingerprint density at radius 1 is 1.44 bits per heavy atom. The molecule has 3 atom stereocenters. The standard InChI is InChI=1S/C12H21NO3/c1-16-12(15)11(9-3-4-9)13-7-8-2-5-10(14)6-8/h8-11,13-14H,2-7H2,1H3. The van der Waals surface area contributed by atoms with Gasteiger partial charge in [-0.05, 0) is 50.5 Å². The molecule has 2 aliphatic carbocycles. The first-order chi connectivity index (χ1) is 7.70. The molecule has 3 unspecified atom stereocenters. The van der Waals surface area contributed by atoms with Gasteiger partial charge in [-0.15, -0.1) is 0 Å². The average molecular weight is 227 g/mol. The first-order valence-corrected chi connectivity index (χ1v) is 6.20. The van der Waals surface area contributed by atoms with Crippen LogP contribution in [0.3, 0.4) is 0 Å². The van der Waals surface area contributed by atoms with Crippen LogP contribution in [0.2, 0.25) is 0 Å². The molecule has 0 radical (unpaired) electrons. The van der Waals surface area contributed by atoms with E-state index in [2.05, 4.69) is 5.32 Å². The van der Waals surface area contributed by atoms with Gasteiger partial charge in [0.25, 0.3) is 0 Å². The van der Waals surface area contributed by atoms with Crippen LogP contribution in [0.4, 0.5) is 0 Å². The lowest BCUT2D eigenvalue weighted by Crippen LogP contribution is -2.41. The molecule has 4 nitrogen and oxygen atoms in total. The fourth-order valence-corrected chi connectivity index (χ4v) is 2.53. The van der Waals surface area contributed by atoms with Crippen LogP contribution in [0, 0.1) is 11.8 Å². The molecule has 0 aliphatic heterocycles. The second kappa shape index (κ2) is 5.15. The Balaban J connectivity index is 1.75. The van der Waals surface area contributed by atoms with Crippen LogP contribution in [0.5, 0.6) is 0 Å². The Hall–Kier alpha value is -0.610. The second-order valence-corrected chi connectivity index (χ2v) is 5.08. The molecular weight excluding hydrogens is 206 g/mol. The number of carbonyl (C=O) groups excluding carboxylic acids is 1. The molecule has 0 spiro atoms. The van der Waals surface area contributed by atoms with E-state index in [0.717, 1.165) is 38.6 Å². The first-order valence-electron chi connectivity index (χ1n) is 6.20. The summed E-state index contributed by atoms with van der Waals surface area (Å²) in [5.41, 5.74) is 0. The average Bonchev–Trinajstić information content (AvgIpc) is 3.02. The van der Waals surface area contributed by atoms with Crippen molar-refractivity contribution < 1.29 is 14.6 Å². The molecule has 2 N–H and O–H groups in total. The van der Waals surface area contributed by atoms with Gasteiger partial charge in [0.05, 0.1) is 13.2 Å². The third kappa shape index (κ3) is 2.95. The SMILES string of the molecule is COC(=O)C(NCC1CCC(O)C1)C1CC1. The van der Waals surface area contributed by atoms with Crippen molar-refractivity contribution in [2.75, 3.05) is 13.7 Å². The van der Waals surface area contributed by atoms with E-state index in [1.807, 2.05) is 0 Å². The van der Waals surface area contributed by atoms with Gasteiger partial charge in [0.15, 0.2) is 0 Å². The molecule has 2 saturated carbocycles. The molecule has 2 fully saturated rings. The lowest BCUT2D eigenvalue weighted by Gasteiger charge is -2.18. The zero-order chi connectivity index (χ0) is 11.5. The van der Waals surface area contributed by atoms with Crippen LogP contribution in [-0.4, -0.2) is 36.9 Å². The van der Waals surface area contributed by atoms with Crippen LogP contribution >= 0.6 is 0 Å². The lowest BCUT2D eigenvalue weighted by molar-refractivity contribution is -0.143. The number of ether oxygens (including phenoxy) is 1. The molecule has 2 rings (SSSR count). The van der Waals surface area contributed by atoms with Crippen molar-refractivity contribution in [2.24, 2.45) is 11.8 Å². The summed E-state index contributed by atoms with van der Waals surface area (Å²) < 4.78 is 4.80. The number of aliphatic hydroxyl groups excluding tert-OH is 1. The van der Waals surface area contributed by atoms with E-state index in [-0.39, 0.29) is 18.1 Å². The topological polar surface area (TPSA) is 58.6 Å². The maximum atomic E-state index is 11.5. The van der Waals surface area contributed by atoms with Crippen molar-refractivity contribution in [1.29, 1.82) is 0 Å². The predicted molar refractivity (Wildman–Crippen MR) is 59.9 cm³/mol. The van der Waals surface area contributed by atoms with Gasteiger partial charge in [-0.2, -0.15) is 0 Å². The summed E-state index contributed by atoms with van der Waals surface area (Å²) in [6.07, 6.45) is 4.95. The Bertz CT molecular complexity index is 253. The van der Waals surface area contributed by atoms with Gasteiger partial charge < -0.3 is 15.2 Å². The van der Waals surface area contributed by atoms with Gasteiger partial charge in [0.1, 0.15) is 6.04 Å². The zero-order valence-corrected chi connectivity index (χ0v) is 9.82. The molecule has 0 saturated heterocycles. The number of hydrogen-bond acceptors (Lipinski definition) is 4. The minimum atomic E-state index is -0.138. The third-order valence-corrected chi connectivity index (χ3v) is 3.69. The monoisotopic (exact) mass is 227 g/mol.